The van der Waals surface area contributed by atoms with Crippen LogP contribution in [0.5, 0.6) is 0 Å². The van der Waals surface area contributed by atoms with Gasteiger partial charge in [-0.05, 0) is 12.8 Å². The van der Waals surface area contributed by atoms with E-state index in [1.165, 1.54) is 0 Å². The second-order valence-corrected chi connectivity index (χ2v) is 2.58. The third-order valence-corrected chi connectivity index (χ3v) is 1.25. The summed E-state index contributed by atoms with van der Waals surface area (Å²) in [5.41, 5.74) is 0. The minimum Gasteiger partial charge on any atom is -0.383 e. The van der Waals surface area contributed by atoms with Gasteiger partial charge in [-0.1, -0.05) is 13.8 Å². The number of carbonyl (C=O) groups excluding carboxylic acids is 1. The largest absolute Gasteiger partial charge is 0.383 e. The number of carbonyl (C=O) groups is 1. The Kier molecular flexibility index (Phi) is 4.03. The third-order valence-electron chi connectivity index (χ3n) is 1.25. The van der Waals surface area contributed by atoms with E-state index < -0.39 is 6.10 Å². The Morgan fingerprint density at radius 1 is 1.60 bits per heavy atom. The first-order valence-corrected chi connectivity index (χ1v) is 3.55. The first kappa shape index (κ1) is 9.43. The van der Waals surface area contributed by atoms with E-state index in [0.29, 0.717) is 6.54 Å². The van der Waals surface area contributed by atoms with Crippen LogP contribution in [0.3, 0.4) is 0 Å². The number of aliphatic hydroxyl groups is 1. The average molecular weight is 145 g/mol. The van der Waals surface area contributed by atoms with Crippen molar-refractivity contribution in [2.45, 2.75) is 26.9 Å². The molecule has 60 valence electrons. The van der Waals surface area contributed by atoms with Gasteiger partial charge >= 0.3 is 0 Å². The van der Waals surface area contributed by atoms with Gasteiger partial charge in [0.1, 0.15) is 6.10 Å². The van der Waals surface area contributed by atoms with Gasteiger partial charge in [-0.15, -0.1) is 0 Å². The Balaban J connectivity index is 3.71. The second kappa shape index (κ2) is 4.28. The lowest BCUT2D eigenvalue weighted by Crippen LogP contribution is -2.37. The zero-order valence-corrected chi connectivity index (χ0v) is 6.72. The number of nitrogens with one attached hydrogen (secondary N) is 1. The van der Waals surface area contributed by atoms with Gasteiger partial charge in [0, 0.05) is 6.54 Å². The number of likely N-dealkylation sites (N-methyl/N-ethyl adjacent to an activating group) is 1. The highest BCUT2D eigenvalue weighted by atomic mass is 16.3. The molecule has 0 aromatic rings. The molecule has 10 heavy (non-hydrogen) atoms. The Morgan fingerprint density at radius 2 is 2.10 bits per heavy atom. The lowest BCUT2D eigenvalue weighted by atomic mass is 10.1. The molecule has 0 radical (unpaired) electrons. The Labute approximate surface area is 61.4 Å². The summed E-state index contributed by atoms with van der Waals surface area (Å²) in [6, 6.07) is 0. The van der Waals surface area contributed by atoms with E-state index in [1.807, 2.05) is 6.92 Å². The van der Waals surface area contributed by atoms with Gasteiger partial charge in [0.15, 0.2) is 0 Å². The molecule has 0 aliphatic heterocycles. The summed E-state index contributed by atoms with van der Waals surface area (Å²) in [6.07, 6.45) is -0.861. The van der Waals surface area contributed by atoms with Crippen LogP contribution in [0.15, 0.2) is 0 Å². The Hall–Kier alpha value is -0.570. The van der Waals surface area contributed by atoms with E-state index in [9.17, 15) is 4.79 Å². The smallest absolute Gasteiger partial charge is 0.249 e. The van der Waals surface area contributed by atoms with Gasteiger partial charge in [0.05, 0.1) is 0 Å². The van der Waals surface area contributed by atoms with Gasteiger partial charge in [0.2, 0.25) is 5.91 Å². The minimum atomic E-state index is -0.861. The summed E-state index contributed by atoms with van der Waals surface area (Å²) in [5, 5.41) is 11.7. The van der Waals surface area contributed by atoms with E-state index in [0.717, 1.165) is 0 Å². The fraction of sp³-hybridized carbons (Fsp3) is 0.857. The van der Waals surface area contributed by atoms with Gasteiger partial charge in [-0.2, -0.15) is 0 Å². The van der Waals surface area contributed by atoms with Gasteiger partial charge in [-0.3, -0.25) is 4.79 Å². The number of aliphatic hydroxyl groups excluding tert-OH is 1. The van der Waals surface area contributed by atoms with Crippen molar-refractivity contribution in [2.24, 2.45) is 5.92 Å². The molecular formula is C7H15NO2. The molecule has 0 heterocycles. The summed E-state index contributed by atoms with van der Waals surface area (Å²) >= 11 is 0. The predicted molar refractivity (Wildman–Crippen MR) is 39.5 cm³/mol. The molecule has 0 saturated carbocycles. The fourth-order valence-electron chi connectivity index (χ4n) is 0.582. The highest BCUT2D eigenvalue weighted by Gasteiger charge is 2.16. The van der Waals surface area contributed by atoms with Gasteiger partial charge in [0.25, 0.3) is 0 Å². The van der Waals surface area contributed by atoms with Gasteiger partial charge in [-0.25, -0.2) is 0 Å². The van der Waals surface area contributed by atoms with Crippen molar-refractivity contribution >= 4 is 5.91 Å². The molecular weight excluding hydrogens is 130 g/mol. The first-order chi connectivity index (χ1) is 4.59. The molecule has 3 heteroatoms. The average Bonchev–Trinajstić information content (AvgIpc) is 1.87. The molecule has 0 aromatic heterocycles. The summed E-state index contributed by atoms with van der Waals surface area (Å²) in [7, 11) is 0. The highest BCUT2D eigenvalue weighted by Crippen LogP contribution is 1.99. The van der Waals surface area contributed by atoms with Crippen LogP contribution in [-0.4, -0.2) is 23.7 Å². The van der Waals surface area contributed by atoms with Crippen molar-refractivity contribution in [3.05, 3.63) is 0 Å². The molecule has 2 N–H and O–H groups in total. The zero-order chi connectivity index (χ0) is 8.15. The van der Waals surface area contributed by atoms with Crippen molar-refractivity contribution in [2.75, 3.05) is 6.54 Å². The van der Waals surface area contributed by atoms with Crippen LogP contribution in [-0.2, 0) is 4.79 Å². The highest BCUT2D eigenvalue weighted by molar-refractivity contribution is 5.80. The molecule has 1 amide bonds. The monoisotopic (exact) mass is 145 g/mol. The maximum absolute atomic E-state index is 10.8. The van der Waals surface area contributed by atoms with E-state index in [-0.39, 0.29) is 11.8 Å². The van der Waals surface area contributed by atoms with E-state index in [4.69, 9.17) is 5.11 Å². The number of hydrogen-bond donors (Lipinski definition) is 2. The molecule has 0 saturated heterocycles. The first-order valence-electron chi connectivity index (χ1n) is 3.55. The van der Waals surface area contributed by atoms with Crippen LogP contribution >= 0.6 is 0 Å². The molecule has 0 fully saturated rings. The van der Waals surface area contributed by atoms with Crippen molar-refractivity contribution < 1.29 is 9.90 Å². The predicted octanol–water partition coefficient (Wildman–Crippen LogP) is 0.139. The number of rotatable bonds is 3. The van der Waals surface area contributed by atoms with Crippen molar-refractivity contribution in [1.29, 1.82) is 0 Å². The molecule has 1 unspecified atom stereocenters. The Bertz CT molecular complexity index is 112. The molecule has 1 atom stereocenters. The molecule has 0 aliphatic rings. The van der Waals surface area contributed by atoms with E-state index in [2.05, 4.69) is 5.32 Å². The lowest BCUT2D eigenvalue weighted by Gasteiger charge is -2.12. The topological polar surface area (TPSA) is 49.3 Å². The lowest BCUT2D eigenvalue weighted by molar-refractivity contribution is -0.131. The molecule has 0 aliphatic carbocycles. The van der Waals surface area contributed by atoms with Crippen LogP contribution in [0.25, 0.3) is 0 Å². The maximum Gasteiger partial charge on any atom is 0.249 e. The number of amides is 1. The van der Waals surface area contributed by atoms with Crippen molar-refractivity contribution in [3.63, 3.8) is 0 Å². The summed E-state index contributed by atoms with van der Waals surface area (Å²) in [6.45, 7) is 6.01. The molecule has 0 rings (SSSR count). The van der Waals surface area contributed by atoms with Crippen LogP contribution in [0.1, 0.15) is 20.8 Å². The van der Waals surface area contributed by atoms with Crippen LogP contribution in [0, 0.1) is 5.92 Å². The third kappa shape index (κ3) is 2.82. The van der Waals surface area contributed by atoms with Crippen LogP contribution < -0.4 is 5.32 Å². The number of hydrogen-bond acceptors (Lipinski definition) is 2. The quantitative estimate of drug-likeness (QED) is 0.593. The van der Waals surface area contributed by atoms with Crippen molar-refractivity contribution in [3.8, 4) is 0 Å². The second-order valence-electron chi connectivity index (χ2n) is 2.58. The summed E-state index contributed by atoms with van der Waals surface area (Å²) in [5.74, 6) is -0.288. The Morgan fingerprint density at radius 3 is 2.40 bits per heavy atom. The van der Waals surface area contributed by atoms with Crippen LogP contribution in [0.4, 0.5) is 0 Å². The molecule has 0 aromatic carbocycles. The fourth-order valence-corrected chi connectivity index (χ4v) is 0.582. The SMILES string of the molecule is CCNC(=O)C(O)C(C)C. The zero-order valence-electron chi connectivity index (χ0n) is 6.72. The van der Waals surface area contributed by atoms with Gasteiger partial charge < -0.3 is 10.4 Å². The van der Waals surface area contributed by atoms with Crippen LogP contribution in [0.2, 0.25) is 0 Å². The van der Waals surface area contributed by atoms with Crippen molar-refractivity contribution in [1.82, 2.24) is 5.32 Å². The normalized spacial score (nSPS) is 13.3. The summed E-state index contributed by atoms with van der Waals surface area (Å²) in [4.78, 5) is 10.8. The molecule has 3 nitrogen and oxygen atoms in total. The molecule has 0 spiro atoms. The molecule has 0 bridgehead atoms. The minimum absolute atomic E-state index is 0.00782. The summed E-state index contributed by atoms with van der Waals surface area (Å²) < 4.78 is 0. The maximum atomic E-state index is 10.8. The van der Waals surface area contributed by atoms with E-state index in [1.54, 1.807) is 13.8 Å². The standard InChI is InChI=1S/C7H15NO2/c1-4-8-7(10)6(9)5(2)3/h5-6,9H,4H2,1-3H3,(H,8,10). The van der Waals surface area contributed by atoms with E-state index >= 15 is 0 Å².